The smallest absolute Gasteiger partial charge is 0.163 e. The van der Waals surface area contributed by atoms with Crippen molar-refractivity contribution in [3.63, 3.8) is 0 Å². The highest BCUT2D eigenvalue weighted by atomic mass is 19.1. The number of ether oxygens (including phenoxy) is 2. The molecule has 0 fully saturated rings. The third kappa shape index (κ3) is 4.52. The van der Waals surface area contributed by atoms with Crippen LogP contribution in [0.25, 0.3) is 0 Å². The highest BCUT2D eigenvalue weighted by molar-refractivity contribution is 6.06. The van der Waals surface area contributed by atoms with Crippen LogP contribution in [0.2, 0.25) is 0 Å². The molecule has 3 aliphatic rings. The number of Topliss-reactive ketones (excluding diaryl/α,β-unsaturated/α-hetero) is 2. The number of phenols is 1. The molecule has 2 aliphatic carbocycles. The van der Waals surface area contributed by atoms with Crippen LogP contribution in [0.1, 0.15) is 60.1 Å². The first kappa shape index (κ1) is 25.0. The Labute approximate surface area is 224 Å². The Kier molecular flexibility index (Phi) is 6.29. The average molecular weight is 529 g/mol. The summed E-state index contributed by atoms with van der Waals surface area (Å²) in [7, 11) is 1.44. The molecule has 3 aromatic rings. The standard InChI is InChI=1S/C32H26F2O5/c1-38-27-14-19(6-11-24(27)35)30-31-25(36)12-20(17-2-7-22(33)8-3-17)15-28(31)39-29-16-21(13-26(37)32(29)30)18-4-9-23(34)10-5-18/h2-11,14,20-21,30,35H,12-13,15-16H2,1H3. The lowest BCUT2D eigenvalue weighted by atomic mass is 9.69. The van der Waals surface area contributed by atoms with Crippen LogP contribution in [0, 0.1) is 11.6 Å². The van der Waals surface area contributed by atoms with Gasteiger partial charge in [0.25, 0.3) is 0 Å². The first-order valence-corrected chi connectivity index (χ1v) is 12.9. The second-order valence-electron chi connectivity index (χ2n) is 10.3. The number of phenolic OH excluding ortho intramolecular Hbond substituents is 1. The minimum Gasteiger partial charge on any atom is -0.504 e. The third-order valence-corrected chi connectivity index (χ3v) is 7.97. The van der Waals surface area contributed by atoms with Gasteiger partial charge in [-0.25, -0.2) is 8.78 Å². The van der Waals surface area contributed by atoms with Crippen LogP contribution in [-0.4, -0.2) is 23.8 Å². The summed E-state index contributed by atoms with van der Waals surface area (Å²) in [5.41, 5.74) is 3.20. The maximum Gasteiger partial charge on any atom is 0.163 e. The van der Waals surface area contributed by atoms with Crippen LogP contribution in [0.3, 0.4) is 0 Å². The van der Waals surface area contributed by atoms with E-state index in [4.69, 9.17) is 9.47 Å². The molecule has 0 amide bonds. The van der Waals surface area contributed by atoms with E-state index < -0.39 is 5.92 Å². The van der Waals surface area contributed by atoms with E-state index in [1.165, 1.54) is 37.4 Å². The molecule has 6 rings (SSSR count). The van der Waals surface area contributed by atoms with Gasteiger partial charge < -0.3 is 14.6 Å². The number of allylic oxidation sites excluding steroid dienone is 4. The second kappa shape index (κ2) is 9.80. The Morgan fingerprint density at radius 2 is 1.18 bits per heavy atom. The number of rotatable bonds is 4. The fraction of sp³-hybridized carbons (Fsp3) is 0.250. The van der Waals surface area contributed by atoms with Crippen molar-refractivity contribution < 1.29 is 33.0 Å². The van der Waals surface area contributed by atoms with Crippen molar-refractivity contribution in [2.45, 2.75) is 43.4 Å². The van der Waals surface area contributed by atoms with Crippen LogP contribution in [-0.2, 0) is 14.3 Å². The van der Waals surface area contributed by atoms with Crippen molar-refractivity contribution >= 4 is 11.6 Å². The van der Waals surface area contributed by atoms with Crippen molar-refractivity contribution in [1.29, 1.82) is 0 Å². The quantitative estimate of drug-likeness (QED) is 0.413. The molecule has 5 nitrogen and oxygen atoms in total. The monoisotopic (exact) mass is 528 g/mol. The molecule has 198 valence electrons. The van der Waals surface area contributed by atoms with Gasteiger partial charge >= 0.3 is 0 Å². The molecule has 0 saturated heterocycles. The molecule has 39 heavy (non-hydrogen) atoms. The van der Waals surface area contributed by atoms with Gasteiger partial charge in [0.2, 0.25) is 0 Å². The maximum absolute atomic E-state index is 13.7. The molecule has 2 unspecified atom stereocenters. The minimum absolute atomic E-state index is 0.0468. The number of methoxy groups -OCH3 is 1. The highest BCUT2D eigenvalue weighted by Gasteiger charge is 2.45. The molecule has 1 heterocycles. The predicted molar refractivity (Wildman–Crippen MR) is 139 cm³/mol. The molecule has 0 radical (unpaired) electrons. The van der Waals surface area contributed by atoms with E-state index in [-0.39, 0.29) is 59.4 Å². The summed E-state index contributed by atoms with van der Waals surface area (Å²) in [6.07, 6.45) is 1.25. The third-order valence-electron chi connectivity index (χ3n) is 7.97. The molecular formula is C32H26F2O5. The van der Waals surface area contributed by atoms with Gasteiger partial charge in [-0.05, 0) is 64.9 Å². The largest absolute Gasteiger partial charge is 0.504 e. The van der Waals surface area contributed by atoms with Gasteiger partial charge in [-0.15, -0.1) is 0 Å². The summed E-state index contributed by atoms with van der Waals surface area (Å²) < 4.78 is 38.9. The predicted octanol–water partition coefficient (Wildman–Crippen LogP) is 6.59. The normalized spacial score (nSPS) is 22.8. The lowest BCUT2D eigenvalue weighted by Gasteiger charge is -2.39. The van der Waals surface area contributed by atoms with Crippen LogP contribution in [0.5, 0.6) is 11.5 Å². The fourth-order valence-corrected chi connectivity index (χ4v) is 6.07. The summed E-state index contributed by atoms with van der Waals surface area (Å²) in [4.78, 5) is 27.4. The van der Waals surface area contributed by atoms with Gasteiger partial charge in [-0.2, -0.15) is 0 Å². The SMILES string of the molecule is COc1cc(C2C3=C(CC(c4ccc(F)cc4)CC3=O)OC3=C2C(=O)CC(c2ccc(F)cc2)C3)ccc1O. The van der Waals surface area contributed by atoms with E-state index in [1.54, 1.807) is 36.4 Å². The Morgan fingerprint density at radius 3 is 1.64 bits per heavy atom. The molecular weight excluding hydrogens is 502 g/mol. The zero-order chi connectivity index (χ0) is 27.3. The van der Waals surface area contributed by atoms with E-state index in [1.807, 2.05) is 0 Å². The fourth-order valence-electron chi connectivity index (χ4n) is 6.07. The summed E-state index contributed by atoms with van der Waals surface area (Å²) in [5, 5.41) is 10.2. The summed E-state index contributed by atoms with van der Waals surface area (Å²) >= 11 is 0. The summed E-state index contributed by atoms with van der Waals surface area (Å²) in [6.45, 7) is 0. The molecule has 1 aliphatic heterocycles. The highest BCUT2D eigenvalue weighted by Crippen LogP contribution is 2.52. The van der Waals surface area contributed by atoms with Crippen molar-refractivity contribution in [1.82, 2.24) is 0 Å². The van der Waals surface area contributed by atoms with Crippen LogP contribution in [0.4, 0.5) is 8.78 Å². The van der Waals surface area contributed by atoms with Crippen LogP contribution < -0.4 is 4.74 Å². The second-order valence-corrected chi connectivity index (χ2v) is 10.3. The van der Waals surface area contributed by atoms with Gasteiger partial charge in [0.15, 0.2) is 23.1 Å². The minimum atomic E-state index is -0.665. The first-order chi connectivity index (χ1) is 18.8. The molecule has 7 heteroatoms. The van der Waals surface area contributed by atoms with Crippen molar-refractivity contribution in [3.8, 4) is 11.5 Å². The molecule has 0 aromatic heterocycles. The van der Waals surface area contributed by atoms with Gasteiger partial charge in [0, 0.05) is 42.7 Å². The number of benzene rings is 3. The van der Waals surface area contributed by atoms with E-state index >= 15 is 0 Å². The number of ketones is 2. The maximum atomic E-state index is 13.7. The van der Waals surface area contributed by atoms with Crippen LogP contribution in [0.15, 0.2) is 89.4 Å². The number of aromatic hydroxyl groups is 1. The molecule has 2 atom stereocenters. The molecule has 1 N–H and O–H groups in total. The number of carbonyl (C=O) groups excluding carboxylic acids is 2. The van der Waals surface area contributed by atoms with Gasteiger partial charge in [0.1, 0.15) is 23.2 Å². The number of carbonyl (C=O) groups is 2. The van der Waals surface area contributed by atoms with Crippen molar-refractivity contribution in [3.05, 3.63) is 118 Å². The zero-order valence-electron chi connectivity index (χ0n) is 21.2. The Bertz CT molecular complexity index is 1450. The Hall–Kier alpha value is -4.26. The van der Waals surface area contributed by atoms with Gasteiger partial charge in [-0.1, -0.05) is 30.3 Å². The van der Waals surface area contributed by atoms with E-state index in [2.05, 4.69) is 0 Å². The van der Waals surface area contributed by atoms with Gasteiger partial charge in [-0.3, -0.25) is 9.59 Å². The van der Waals surface area contributed by atoms with E-state index in [0.717, 1.165) is 11.1 Å². The number of hydrogen-bond acceptors (Lipinski definition) is 5. The Balaban J connectivity index is 1.44. The summed E-state index contributed by atoms with van der Waals surface area (Å²) in [5.74, 6) is -0.823. The number of halogens is 2. The summed E-state index contributed by atoms with van der Waals surface area (Å²) in [6, 6.07) is 17.1. The zero-order valence-corrected chi connectivity index (χ0v) is 21.2. The van der Waals surface area contributed by atoms with Crippen molar-refractivity contribution in [2.75, 3.05) is 7.11 Å². The average Bonchev–Trinajstić information content (AvgIpc) is 2.93. The van der Waals surface area contributed by atoms with Crippen LogP contribution >= 0.6 is 0 Å². The first-order valence-electron chi connectivity index (χ1n) is 12.9. The number of hydrogen-bond donors (Lipinski definition) is 1. The topological polar surface area (TPSA) is 72.8 Å². The molecule has 0 spiro atoms. The molecule has 3 aromatic carbocycles. The van der Waals surface area contributed by atoms with E-state index in [9.17, 15) is 23.5 Å². The lowest BCUT2D eigenvalue weighted by Crippen LogP contribution is -2.33. The molecule has 0 bridgehead atoms. The lowest BCUT2D eigenvalue weighted by molar-refractivity contribution is -0.118. The van der Waals surface area contributed by atoms with E-state index in [0.29, 0.717) is 41.1 Å². The van der Waals surface area contributed by atoms with Gasteiger partial charge in [0.05, 0.1) is 7.11 Å². The van der Waals surface area contributed by atoms with Crippen molar-refractivity contribution in [2.24, 2.45) is 0 Å². The molecule has 0 saturated carbocycles. The Morgan fingerprint density at radius 1 is 0.718 bits per heavy atom.